The summed E-state index contributed by atoms with van der Waals surface area (Å²) >= 11 is 0. The predicted molar refractivity (Wildman–Crippen MR) is 272 cm³/mol. The molecule has 0 amide bonds. The molecule has 0 saturated carbocycles. The summed E-state index contributed by atoms with van der Waals surface area (Å²) in [6.07, 6.45) is 5.79. The van der Waals surface area contributed by atoms with Gasteiger partial charge >= 0.3 is 0 Å². The van der Waals surface area contributed by atoms with Crippen LogP contribution in [0.3, 0.4) is 0 Å². The molecular weight excluding hydrogens is 1010 g/mol. The first-order valence-electron chi connectivity index (χ1n) is 28.5. The number of imidazole rings is 1. The first kappa shape index (κ1) is 30.9. The predicted octanol–water partition coefficient (Wildman–Crippen LogP) is 14.9. The van der Waals surface area contributed by atoms with Crippen LogP contribution in [0.5, 0.6) is 11.5 Å². The van der Waals surface area contributed by atoms with Crippen molar-refractivity contribution in [2.75, 3.05) is 0 Å². The van der Waals surface area contributed by atoms with Gasteiger partial charge in [-0.25, -0.2) is 4.98 Å². The fraction of sp³-hybridized carbons (Fsp3) is 0.129. The number of hydrogen-bond donors (Lipinski definition) is 0. The van der Waals surface area contributed by atoms with Gasteiger partial charge in [0.1, 0.15) is 5.82 Å². The zero-order valence-corrected chi connectivity index (χ0v) is 39.6. The minimum atomic E-state index is -2.79. The maximum absolute atomic E-state index is 9.18. The Balaban J connectivity index is 0.00000690. The number of ether oxygens (including phenoxy) is 1. The van der Waals surface area contributed by atoms with E-state index in [4.69, 9.17) is 24.8 Å². The molecule has 1 aliphatic carbocycles. The number of fused-ring (bicyclic) bond motifs is 5. The molecule has 8 aromatic carbocycles. The Labute approximate surface area is 430 Å². The van der Waals surface area contributed by atoms with Crippen molar-refractivity contribution in [1.29, 1.82) is 0 Å². The van der Waals surface area contributed by atoms with E-state index in [-0.39, 0.29) is 77.8 Å². The first-order valence-corrected chi connectivity index (χ1v) is 22.0. The largest absolute Gasteiger partial charge is 0.510 e. The average Bonchev–Trinajstić information content (AvgIpc) is 4.17. The minimum absolute atomic E-state index is 0. The number of benzene rings is 8. The van der Waals surface area contributed by atoms with E-state index < -0.39 is 55.2 Å². The third-order valence-electron chi connectivity index (χ3n) is 12.9. The number of hydrogen-bond acceptors (Lipinski definition) is 2. The minimum Gasteiger partial charge on any atom is -0.510 e. The Morgan fingerprint density at radius 3 is 2.09 bits per heavy atom. The van der Waals surface area contributed by atoms with Gasteiger partial charge in [-0.15, -0.1) is 29.7 Å². The number of aryl methyl sites for hydroxylation is 1. The summed E-state index contributed by atoms with van der Waals surface area (Å²) in [6.45, 7) is 6.25. The van der Waals surface area contributed by atoms with Crippen molar-refractivity contribution in [3.8, 4) is 62.1 Å². The second-order valence-corrected chi connectivity index (χ2v) is 18.2. The van der Waals surface area contributed by atoms with Crippen LogP contribution < -0.4 is 9.30 Å². The number of aromatic nitrogens is 4. The summed E-state index contributed by atoms with van der Waals surface area (Å²) < 4.78 is 124. The maximum Gasteiger partial charge on any atom is 0.268 e. The number of para-hydroxylation sites is 4. The molecular formula is C62H48N4OPt-2. The van der Waals surface area contributed by atoms with Crippen LogP contribution in [-0.4, -0.2) is 14.1 Å². The van der Waals surface area contributed by atoms with Gasteiger partial charge in [-0.3, -0.25) is 4.57 Å². The van der Waals surface area contributed by atoms with Crippen LogP contribution in [0.15, 0.2) is 188 Å². The van der Waals surface area contributed by atoms with Gasteiger partial charge in [-0.1, -0.05) is 172 Å². The maximum atomic E-state index is 9.18. The van der Waals surface area contributed by atoms with Crippen molar-refractivity contribution >= 4 is 32.8 Å². The zero-order valence-electron chi connectivity index (χ0n) is 50.3. The zero-order chi connectivity index (χ0) is 56.6. The van der Waals surface area contributed by atoms with Crippen LogP contribution in [-0.2, 0) is 31.9 Å². The second-order valence-electron chi connectivity index (χ2n) is 18.2. The van der Waals surface area contributed by atoms with Gasteiger partial charge in [-0.2, -0.15) is 18.2 Å². The molecule has 3 aromatic heterocycles. The molecule has 0 spiro atoms. The molecule has 3 heterocycles. The summed E-state index contributed by atoms with van der Waals surface area (Å²) in [7, 11) is 0. The topological polar surface area (TPSA) is 35.9 Å². The van der Waals surface area contributed by atoms with Gasteiger partial charge < -0.3 is 13.9 Å². The Kier molecular flexibility index (Phi) is 7.61. The van der Waals surface area contributed by atoms with Crippen molar-refractivity contribution in [3.63, 3.8) is 0 Å². The molecule has 68 heavy (non-hydrogen) atoms. The Morgan fingerprint density at radius 2 is 1.31 bits per heavy atom. The van der Waals surface area contributed by atoms with E-state index in [0.29, 0.717) is 39.2 Å². The van der Waals surface area contributed by atoms with E-state index in [1.807, 2.05) is 88.0 Å². The SMILES string of the molecule is [2H]c1c([2H])c([2H])c(-c2cnc(-n3c4[c-]c(Oc5[c-]c(-n6[c-][n+](-c7c(-c8ccc9c(c8)C(C)(C)CC9(C)C)cccc7-c7c([2H])c([2H])c([2H])c([2H])c7[2H])c7ccccc76)ccc5)ccc4c4ccccc43)cc2C([2H])([2H])[2H])c([2H])c1[2H].[Pt]. The smallest absolute Gasteiger partial charge is 0.268 e. The van der Waals surface area contributed by atoms with Crippen molar-refractivity contribution in [1.82, 2.24) is 14.1 Å². The molecule has 5 nitrogen and oxygen atoms in total. The van der Waals surface area contributed by atoms with E-state index in [0.717, 1.165) is 33.8 Å². The molecule has 0 atom stereocenters. The van der Waals surface area contributed by atoms with Crippen molar-refractivity contribution < 1.29 is 48.2 Å². The Morgan fingerprint density at radius 1 is 0.632 bits per heavy atom. The fourth-order valence-electron chi connectivity index (χ4n) is 10.2. The molecule has 12 rings (SSSR count). The standard InChI is InChI=1S/C62H48N4O.Pt/c1-41-34-59(63-38-52(41)43-20-10-7-11-21-43)66-55-27-13-12-24-50(55)51-32-31-47(37-58(51)66)67-46-23-16-22-45(36-46)64-40-65(57-29-15-14-28-56(57)64)60-48(42-18-8-6-9-19-42)25-17-26-49(60)44-30-33-53-54(35-44)62(4,5)39-61(53,2)3;/h6-35,38H,39H2,1-5H3;/q-2;/i1D3,6D,7D,8D,9D,10D,11D,18D,19D,20D,21D;. The van der Waals surface area contributed by atoms with Crippen LogP contribution in [0.1, 0.15) is 68.6 Å². The number of pyridine rings is 1. The van der Waals surface area contributed by atoms with Gasteiger partial charge in [0.05, 0.1) is 30.4 Å². The van der Waals surface area contributed by atoms with Crippen LogP contribution in [0.4, 0.5) is 0 Å². The van der Waals surface area contributed by atoms with Gasteiger partial charge in [0.2, 0.25) is 0 Å². The molecule has 0 aliphatic heterocycles. The Hall–Kier alpha value is -7.33. The van der Waals surface area contributed by atoms with E-state index in [1.54, 1.807) is 22.8 Å². The molecule has 6 heteroatoms. The summed E-state index contributed by atoms with van der Waals surface area (Å²) in [5.74, 6) is 0.786. The van der Waals surface area contributed by atoms with Crippen LogP contribution in [0.2, 0.25) is 0 Å². The summed E-state index contributed by atoms with van der Waals surface area (Å²) in [4.78, 5) is 4.69. The van der Waals surface area contributed by atoms with E-state index in [1.165, 1.54) is 23.4 Å². The van der Waals surface area contributed by atoms with Crippen LogP contribution >= 0.6 is 0 Å². The quantitative estimate of drug-likeness (QED) is 0.112. The molecule has 334 valence electrons. The van der Waals surface area contributed by atoms with Crippen molar-refractivity contribution in [3.05, 3.63) is 223 Å². The molecule has 0 saturated heterocycles. The fourth-order valence-corrected chi connectivity index (χ4v) is 10.2. The van der Waals surface area contributed by atoms with E-state index in [9.17, 15) is 2.74 Å². The molecule has 0 bridgehead atoms. The molecule has 0 fully saturated rings. The molecule has 1 aliphatic rings. The van der Waals surface area contributed by atoms with Gasteiger partial charge in [-0.05, 0) is 91.8 Å². The van der Waals surface area contributed by atoms with Gasteiger partial charge in [0.15, 0.2) is 0 Å². The third-order valence-corrected chi connectivity index (χ3v) is 12.9. The monoisotopic (exact) mass is 1070 g/mol. The second kappa shape index (κ2) is 16.8. The first-order chi connectivity index (χ1) is 38.0. The van der Waals surface area contributed by atoms with Gasteiger partial charge in [0.25, 0.3) is 6.33 Å². The molecule has 0 unspecified atom stereocenters. The van der Waals surface area contributed by atoms with Crippen molar-refractivity contribution in [2.45, 2.75) is 51.8 Å². The van der Waals surface area contributed by atoms with Crippen LogP contribution in [0, 0.1) is 25.3 Å². The third kappa shape index (κ3) is 7.28. The molecule has 0 N–H and O–H groups in total. The summed E-state index contributed by atoms with van der Waals surface area (Å²) in [6, 6.07) is 39.7. The molecule has 0 radical (unpaired) electrons. The van der Waals surface area contributed by atoms with Crippen molar-refractivity contribution in [2.24, 2.45) is 0 Å². The summed E-state index contributed by atoms with van der Waals surface area (Å²) in [5.41, 5.74) is 7.51. The average molecular weight is 1070 g/mol. The summed E-state index contributed by atoms with van der Waals surface area (Å²) in [5, 5.41) is 1.57. The van der Waals surface area contributed by atoms with Crippen LogP contribution in [0.25, 0.3) is 83.4 Å². The van der Waals surface area contributed by atoms with Gasteiger partial charge in [0, 0.05) is 54.0 Å². The Bertz CT molecular complexity index is 4390. The normalized spacial score (nSPS) is 16.6. The van der Waals surface area contributed by atoms with E-state index >= 15 is 0 Å². The molecule has 11 aromatic rings. The number of nitrogens with zero attached hydrogens (tertiary/aromatic N) is 4. The van der Waals surface area contributed by atoms with E-state index in [2.05, 4.69) is 64.4 Å². The number of rotatable bonds is 8.